The summed E-state index contributed by atoms with van der Waals surface area (Å²) >= 11 is 9.44. The molecule has 1 aromatic carbocycles. The number of nitrogens with zero attached hydrogens (tertiary/aromatic N) is 2. The van der Waals surface area contributed by atoms with E-state index in [-0.39, 0.29) is 5.92 Å². The third-order valence-corrected chi connectivity index (χ3v) is 4.07. The molecule has 0 aliphatic heterocycles. The minimum Gasteiger partial charge on any atom is -0.394 e. The van der Waals surface area contributed by atoms with E-state index in [0.717, 1.165) is 21.7 Å². The quantitative estimate of drug-likeness (QED) is 0.874. The second-order valence-electron chi connectivity index (χ2n) is 4.68. The van der Waals surface area contributed by atoms with Gasteiger partial charge in [0.15, 0.2) is 5.82 Å². The highest BCUT2D eigenvalue weighted by molar-refractivity contribution is 9.10. The van der Waals surface area contributed by atoms with E-state index in [1.54, 1.807) is 4.68 Å². The van der Waals surface area contributed by atoms with E-state index in [1.807, 2.05) is 25.2 Å². The van der Waals surface area contributed by atoms with Gasteiger partial charge >= 0.3 is 0 Å². The average molecular weight is 344 g/mol. The molecule has 0 aliphatic carbocycles. The van der Waals surface area contributed by atoms with Gasteiger partial charge in [-0.3, -0.25) is 4.68 Å². The lowest BCUT2D eigenvalue weighted by Gasteiger charge is -2.09. The topological polar surface area (TPSA) is 55.9 Å². The molecule has 2 rings (SSSR count). The van der Waals surface area contributed by atoms with E-state index in [4.69, 9.17) is 17.3 Å². The number of hydrogen-bond donors (Lipinski definition) is 2. The summed E-state index contributed by atoms with van der Waals surface area (Å²) in [7, 11) is 1.87. The summed E-state index contributed by atoms with van der Waals surface area (Å²) in [4.78, 5) is 0. The first-order chi connectivity index (χ1) is 8.90. The number of aromatic nitrogens is 2. The van der Waals surface area contributed by atoms with E-state index in [9.17, 15) is 0 Å². The molecular formula is C13H16BrClN4. The zero-order chi connectivity index (χ0) is 14.2. The molecule has 0 unspecified atom stereocenters. The summed E-state index contributed by atoms with van der Waals surface area (Å²) in [5.74, 6) is 1.07. The first kappa shape index (κ1) is 14.2. The number of rotatable bonds is 3. The molecule has 0 spiro atoms. The summed E-state index contributed by atoms with van der Waals surface area (Å²) in [5, 5.41) is 8.33. The molecule has 0 saturated heterocycles. The van der Waals surface area contributed by atoms with E-state index < -0.39 is 0 Å². The van der Waals surface area contributed by atoms with Crippen molar-refractivity contribution in [2.24, 2.45) is 7.05 Å². The SMILES string of the molecule is CC(C)c1nn(C)c(Nc2ccc(Br)c(Cl)c2)c1N. The first-order valence-corrected chi connectivity index (χ1v) is 7.11. The van der Waals surface area contributed by atoms with Crippen molar-refractivity contribution in [1.29, 1.82) is 0 Å². The van der Waals surface area contributed by atoms with Crippen LogP contribution in [0.25, 0.3) is 0 Å². The van der Waals surface area contributed by atoms with Gasteiger partial charge in [0.1, 0.15) is 0 Å². The van der Waals surface area contributed by atoms with Gasteiger partial charge in [-0.25, -0.2) is 0 Å². The highest BCUT2D eigenvalue weighted by atomic mass is 79.9. The molecule has 6 heteroatoms. The Labute approximate surface area is 126 Å². The molecule has 1 heterocycles. The van der Waals surface area contributed by atoms with Crippen LogP contribution in [0.15, 0.2) is 22.7 Å². The van der Waals surface area contributed by atoms with Crippen LogP contribution in [-0.2, 0) is 7.05 Å². The van der Waals surface area contributed by atoms with Gasteiger partial charge in [0.05, 0.1) is 16.4 Å². The van der Waals surface area contributed by atoms with E-state index >= 15 is 0 Å². The summed E-state index contributed by atoms with van der Waals surface area (Å²) in [6.45, 7) is 4.14. The fourth-order valence-corrected chi connectivity index (χ4v) is 2.27. The second kappa shape index (κ2) is 5.43. The van der Waals surface area contributed by atoms with Crippen molar-refractivity contribution in [1.82, 2.24) is 9.78 Å². The van der Waals surface area contributed by atoms with Gasteiger partial charge < -0.3 is 11.1 Å². The maximum absolute atomic E-state index is 6.13. The molecule has 0 aliphatic rings. The Morgan fingerprint density at radius 1 is 1.42 bits per heavy atom. The zero-order valence-electron chi connectivity index (χ0n) is 11.0. The van der Waals surface area contributed by atoms with Crippen LogP contribution >= 0.6 is 27.5 Å². The Hall–Kier alpha value is -1.20. The van der Waals surface area contributed by atoms with Crippen molar-refractivity contribution in [2.75, 3.05) is 11.1 Å². The monoisotopic (exact) mass is 342 g/mol. The van der Waals surface area contributed by atoms with Crippen LogP contribution in [0.4, 0.5) is 17.2 Å². The van der Waals surface area contributed by atoms with Crippen molar-refractivity contribution in [2.45, 2.75) is 19.8 Å². The molecule has 0 saturated carbocycles. The van der Waals surface area contributed by atoms with Crippen LogP contribution in [0, 0.1) is 0 Å². The third kappa shape index (κ3) is 2.87. The lowest BCUT2D eigenvalue weighted by atomic mass is 10.1. The van der Waals surface area contributed by atoms with Crippen LogP contribution in [-0.4, -0.2) is 9.78 Å². The summed E-state index contributed by atoms with van der Waals surface area (Å²) < 4.78 is 2.61. The first-order valence-electron chi connectivity index (χ1n) is 5.94. The van der Waals surface area contributed by atoms with Gasteiger partial charge in [0, 0.05) is 17.2 Å². The highest BCUT2D eigenvalue weighted by Gasteiger charge is 2.16. The van der Waals surface area contributed by atoms with Crippen molar-refractivity contribution >= 4 is 44.7 Å². The molecule has 0 atom stereocenters. The minimum atomic E-state index is 0.287. The van der Waals surface area contributed by atoms with Crippen LogP contribution < -0.4 is 11.1 Å². The number of hydrogen-bond acceptors (Lipinski definition) is 3. The smallest absolute Gasteiger partial charge is 0.152 e. The van der Waals surface area contributed by atoms with Crippen molar-refractivity contribution in [3.05, 3.63) is 33.4 Å². The minimum absolute atomic E-state index is 0.287. The van der Waals surface area contributed by atoms with Gasteiger partial charge in [-0.2, -0.15) is 5.10 Å². The molecule has 102 valence electrons. The fraction of sp³-hybridized carbons (Fsp3) is 0.308. The van der Waals surface area contributed by atoms with Gasteiger partial charge in [-0.15, -0.1) is 0 Å². The van der Waals surface area contributed by atoms with Crippen molar-refractivity contribution in [3.63, 3.8) is 0 Å². The molecule has 0 amide bonds. The number of halogens is 2. The molecule has 19 heavy (non-hydrogen) atoms. The lowest BCUT2D eigenvalue weighted by Crippen LogP contribution is -2.01. The van der Waals surface area contributed by atoms with Crippen LogP contribution in [0.1, 0.15) is 25.5 Å². The molecule has 4 nitrogen and oxygen atoms in total. The molecule has 3 N–H and O–H groups in total. The average Bonchev–Trinajstić information content (AvgIpc) is 2.62. The van der Waals surface area contributed by atoms with Crippen LogP contribution in [0.3, 0.4) is 0 Å². The number of anilines is 3. The molecule has 0 radical (unpaired) electrons. The Morgan fingerprint density at radius 2 is 2.11 bits per heavy atom. The van der Waals surface area contributed by atoms with E-state index in [2.05, 4.69) is 40.2 Å². The predicted octanol–water partition coefficient (Wildman–Crippen LogP) is 4.29. The Bertz CT molecular complexity index is 607. The van der Waals surface area contributed by atoms with Crippen LogP contribution in [0.5, 0.6) is 0 Å². The van der Waals surface area contributed by atoms with Crippen molar-refractivity contribution < 1.29 is 0 Å². The predicted molar refractivity (Wildman–Crippen MR) is 84.1 cm³/mol. The molecular weight excluding hydrogens is 328 g/mol. The Balaban J connectivity index is 2.35. The third-order valence-electron chi connectivity index (χ3n) is 2.84. The van der Waals surface area contributed by atoms with E-state index in [0.29, 0.717) is 10.7 Å². The van der Waals surface area contributed by atoms with Gasteiger partial charge in [-0.05, 0) is 40.0 Å². The number of nitrogen functional groups attached to an aromatic ring is 1. The summed E-state index contributed by atoms with van der Waals surface area (Å²) in [6.07, 6.45) is 0. The number of aryl methyl sites for hydroxylation is 1. The van der Waals surface area contributed by atoms with E-state index in [1.165, 1.54) is 0 Å². The summed E-state index contributed by atoms with van der Waals surface area (Å²) in [5.41, 5.74) is 8.58. The van der Waals surface area contributed by atoms with Gasteiger partial charge in [0.2, 0.25) is 0 Å². The van der Waals surface area contributed by atoms with Crippen LogP contribution in [0.2, 0.25) is 5.02 Å². The zero-order valence-corrected chi connectivity index (χ0v) is 13.4. The fourth-order valence-electron chi connectivity index (χ4n) is 1.85. The Kier molecular flexibility index (Phi) is 4.06. The maximum Gasteiger partial charge on any atom is 0.152 e. The van der Waals surface area contributed by atoms with Gasteiger partial charge in [-0.1, -0.05) is 25.4 Å². The molecule has 1 aromatic heterocycles. The lowest BCUT2D eigenvalue weighted by molar-refractivity contribution is 0.718. The highest BCUT2D eigenvalue weighted by Crippen LogP contribution is 2.32. The van der Waals surface area contributed by atoms with Gasteiger partial charge in [0.25, 0.3) is 0 Å². The number of nitrogens with one attached hydrogen (secondary N) is 1. The summed E-state index contributed by atoms with van der Waals surface area (Å²) in [6, 6.07) is 5.66. The Morgan fingerprint density at radius 3 is 2.63 bits per heavy atom. The largest absolute Gasteiger partial charge is 0.394 e. The number of nitrogens with two attached hydrogens (primary N) is 1. The number of benzene rings is 1. The molecule has 0 bridgehead atoms. The normalized spacial score (nSPS) is 11.1. The molecule has 2 aromatic rings. The second-order valence-corrected chi connectivity index (χ2v) is 5.94. The van der Waals surface area contributed by atoms with Crippen molar-refractivity contribution in [3.8, 4) is 0 Å². The standard InChI is InChI=1S/C13H16BrClN4/c1-7(2)12-11(16)13(19(3)18-12)17-8-4-5-9(14)10(15)6-8/h4-7,17H,16H2,1-3H3. The maximum atomic E-state index is 6.13. The molecule has 0 fully saturated rings.